The summed E-state index contributed by atoms with van der Waals surface area (Å²) in [6.45, 7) is 9.35. The van der Waals surface area contributed by atoms with E-state index in [2.05, 4.69) is 18.8 Å². The molecule has 0 saturated heterocycles. The molecule has 1 aliphatic rings. The summed E-state index contributed by atoms with van der Waals surface area (Å²) in [6, 6.07) is 13.6. The normalized spacial score (nSPS) is 16.3. The number of hydrogen-bond donors (Lipinski definition) is 0. The van der Waals surface area contributed by atoms with Gasteiger partial charge >= 0.3 is 0 Å². The van der Waals surface area contributed by atoms with Gasteiger partial charge in [0.15, 0.2) is 11.6 Å². The molecule has 0 N–H and O–H groups in total. The molecule has 28 heavy (non-hydrogen) atoms. The maximum absolute atomic E-state index is 13.3. The van der Waals surface area contributed by atoms with E-state index in [-0.39, 0.29) is 17.9 Å². The van der Waals surface area contributed by atoms with E-state index in [0.29, 0.717) is 24.5 Å². The Hall–Kier alpha value is -3.02. The van der Waals surface area contributed by atoms with Crippen LogP contribution in [-0.4, -0.2) is 37.1 Å². The lowest BCUT2D eigenvalue weighted by molar-refractivity contribution is 0.0536. The number of carbonyl (C=O) groups is 1. The topological polar surface area (TPSA) is 63.9 Å². The van der Waals surface area contributed by atoms with Crippen molar-refractivity contribution in [1.29, 1.82) is 0 Å². The largest absolute Gasteiger partial charge is 0.326 e. The van der Waals surface area contributed by atoms with Gasteiger partial charge in [-0.3, -0.25) is 9.78 Å². The second-order valence-corrected chi connectivity index (χ2v) is 7.71. The third kappa shape index (κ3) is 3.30. The van der Waals surface area contributed by atoms with Crippen molar-refractivity contribution in [3.8, 4) is 11.4 Å². The Balaban J connectivity index is 1.72. The molecule has 2 aromatic heterocycles. The molecule has 6 nitrogen and oxygen atoms in total. The summed E-state index contributed by atoms with van der Waals surface area (Å²) in [4.78, 5) is 24.5. The highest BCUT2D eigenvalue weighted by molar-refractivity contribution is 5.94. The summed E-state index contributed by atoms with van der Waals surface area (Å²) in [5, 5.41) is 4.71. The van der Waals surface area contributed by atoms with Crippen LogP contribution in [0.4, 0.5) is 0 Å². The summed E-state index contributed by atoms with van der Waals surface area (Å²) in [6.07, 6.45) is 0. The number of aryl methyl sites for hydroxylation is 2. The minimum absolute atomic E-state index is 0.0304. The number of rotatable bonds is 3. The van der Waals surface area contributed by atoms with Crippen LogP contribution < -0.4 is 0 Å². The number of nitrogens with zero attached hydrogens (tertiary/aromatic N) is 5. The fraction of sp³-hybridized carbons (Fsp3) is 0.364. The minimum Gasteiger partial charge on any atom is -0.326 e. The van der Waals surface area contributed by atoms with E-state index in [1.165, 1.54) is 0 Å². The van der Waals surface area contributed by atoms with E-state index < -0.39 is 0 Å². The van der Waals surface area contributed by atoms with Gasteiger partial charge in [-0.25, -0.2) is 9.67 Å². The van der Waals surface area contributed by atoms with E-state index >= 15 is 0 Å². The lowest BCUT2D eigenvalue weighted by atomic mass is 9.98. The Morgan fingerprint density at radius 1 is 1.04 bits per heavy atom. The summed E-state index contributed by atoms with van der Waals surface area (Å²) >= 11 is 0. The maximum atomic E-state index is 13.3. The van der Waals surface area contributed by atoms with Gasteiger partial charge in [-0.05, 0) is 31.9 Å². The fourth-order valence-electron chi connectivity index (χ4n) is 3.94. The highest BCUT2D eigenvalue weighted by Gasteiger charge is 2.36. The van der Waals surface area contributed by atoms with Gasteiger partial charge in [-0.15, -0.1) is 0 Å². The molecule has 1 aliphatic heterocycles. The van der Waals surface area contributed by atoms with Gasteiger partial charge in [0.25, 0.3) is 5.91 Å². The molecule has 3 aromatic rings. The predicted octanol–water partition coefficient (Wildman–Crippen LogP) is 3.81. The smallest absolute Gasteiger partial charge is 0.254 e. The Morgan fingerprint density at radius 3 is 2.36 bits per heavy atom. The fourth-order valence-corrected chi connectivity index (χ4v) is 3.94. The van der Waals surface area contributed by atoms with Gasteiger partial charge in [-0.2, -0.15) is 5.10 Å². The van der Waals surface area contributed by atoms with Crippen molar-refractivity contribution >= 4 is 5.91 Å². The van der Waals surface area contributed by atoms with Crippen LogP contribution in [0.3, 0.4) is 0 Å². The average Bonchev–Trinajstić information content (AvgIpc) is 3.10. The van der Waals surface area contributed by atoms with E-state index in [9.17, 15) is 4.79 Å². The van der Waals surface area contributed by atoms with Crippen LogP contribution in [0.1, 0.15) is 47.5 Å². The summed E-state index contributed by atoms with van der Waals surface area (Å²) in [5.41, 5.74) is 3.39. The van der Waals surface area contributed by atoms with E-state index in [1.54, 1.807) is 0 Å². The number of hydrogen-bond acceptors (Lipinski definition) is 4. The van der Waals surface area contributed by atoms with Crippen LogP contribution in [-0.2, 0) is 6.54 Å². The molecule has 0 fully saturated rings. The molecular formula is C22H25N5O. The quantitative estimate of drug-likeness (QED) is 0.698. The third-order valence-corrected chi connectivity index (χ3v) is 5.11. The molecule has 0 spiro atoms. The van der Waals surface area contributed by atoms with Crippen LogP contribution in [0.25, 0.3) is 11.4 Å². The predicted molar refractivity (Wildman–Crippen MR) is 108 cm³/mol. The van der Waals surface area contributed by atoms with Crippen LogP contribution in [0.2, 0.25) is 0 Å². The zero-order valence-corrected chi connectivity index (χ0v) is 16.8. The molecule has 0 unspecified atom stereocenters. The zero-order valence-electron chi connectivity index (χ0n) is 16.8. The molecule has 0 aliphatic carbocycles. The SMILES string of the molecule is Cc1cc(C(=O)N2CCn3nc(-c4ccccc4)nc3[C@@H]2C(C)C)cc(C)n1. The Bertz CT molecular complexity index is 989. The highest BCUT2D eigenvalue weighted by Crippen LogP contribution is 2.33. The minimum atomic E-state index is -0.111. The molecule has 0 saturated carbocycles. The highest BCUT2D eigenvalue weighted by atomic mass is 16.2. The van der Waals surface area contributed by atoms with Gasteiger partial charge in [-0.1, -0.05) is 44.2 Å². The molecular weight excluding hydrogens is 350 g/mol. The van der Waals surface area contributed by atoms with Crippen molar-refractivity contribution < 1.29 is 4.79 Å². The van der Waals surface area contributed by atoms with E-state index in [4.69, 9.17) is 10.1 Å². The second-order valence-electron chi connectivity index (χ2n) is 7.71. The van der Waals surface area contributed by atoms with Gasteiger partial charge < -0.3 is 4.90 Å². The Kier molecular flexibility index (Phi) is 4.71. The molecule has 6 heteroatoms. The van der Waals surface area contributed by atoms with Gasteiger partial charge in [0, 0.05) is 29.1 Å². The first kappa shape index (κ1) is 18.3. The number of pyridine rings is 1. The maximum Gasteiger partial charge on any atom is 0.254 e. The number of aromatic nitrogens is 4. The van der Waals surface area contributed by atoms with E-state index in [1.807, 2.05) is 65.9 Å². The van der Waals surface area contributed by atoms with Gasteiger partial charge in [0.05, 0.1) is 12.6 Å². The van der Waals surface area contributed by atoms with Crippen molar-refractivity contribution in [1.82, 2.24) is 24.6 Å². The number of amides is 1. The summed E-state index contributed by atoms with van der Waals surface area (Å²) in [7, 11) is 0. The van der Waals surface area contributed by atoms with Crippen LogP contribution in [0.15, 0.2) is 42.5 Å². The average molecular weight is 375 g/mol. The van der Waals surface area contributed by atoms with Crippen LogP contribution in [0, 0.1) is 19.8 Å². The molecule has 0 radical (unpaired) electrons. The van der Waals surface area contributed by atoms with Crippen LogP contribution in [0.5, 0.6) is 0 Å². The Morgan fingerprint density at radius 2 is 1.71 bits per heavy atom. The molecule has 0 bridgehead atoms. The summed E-state index contributed by atoms with van der Waals surface area (Å²) in [5.74, 6) is 1.82. The van der Waals surface area contributed by atoms with Crippen LogP contribution >= 0.6 is 0 Å². The van der Waals surface area contributed by atoms with Gasteiger partial charge in [0.2, 0.25) is 0 Å². The second kappa shape index (κ2) is 7.19. The molecule has 4 rings (SSSR count). The standard InChI is InChI=1S/C22H25N5O/c1-14(2)19-21-24-20(17-8-6-5-7-9-17)25-27(21)11-10-26(19)22(28)18-12-15(3)23-16(4)13-18/h5-9,12-14,19H,10-11H2,1-4H3/t19-/m0/s1. The first-order valence-corrected chi connectivity index (χ1v) is 9.70. The first-order chi connectivity index (χ1) is 13.4. The molecule has 3 heterocycles. The molecule has 1 atom stereocenters. The van der Waals surface area contributed by atoms with Crippen molar-refractivity contribution in [2.75, 3.05) is 6.54 Å². The summed E-state index contributed by atoms with van der Waals surface area (Å²) < 4.78 is 1.96. The lowest BCUT2D eigenvalue weighted by Crippen LogP contribution is -2.44. The van der Waals surface area contributed by atoms with Crippen molar-refractivity contribution in [2.45, 2.75) is 40.3 Å². The van der Waals surface area contributed by atoms with Crippen molar-refractivity contribution in [3.05, 3.63) is 65.2 Å². The first-order valence-electron chi connectivity index (χ1n) is 9.70. The van der Waals surface area contributed by atoms with E-state index in [0.717, 1.165) is 22.8 Å². The van der Waals surface area contributed by atoms with Gasteiger partial charge in [0.1, 0.15) is 0 Å². The number of fused-ring (bicyclic) bond motifs is 1. The number of benzene rings is 1. The zero-order chi connectivity index (χ0) is 19.8. The molecule has 1 aromatic carbocycles. The third-order valence-electron chi connectivity index (χ3n) is 5.11. The van der Waals surface area contributed by atoms with Crippen molar-refractivity contribution in [2.24, 2.45) is 5.92 Å². The monoisotopic (exact) mass is 375 g/mol. The molecule has 1 amide bonds. The number of carbonyl (C=O) groups excluding carboxylic acids is 1. The molecule has 144 valence electrons. The Labute approximate surface area is 165 Å². The van der Waals surface area contributed by atoms with Crippen molar-refractivity contribution in [3.63, 3.8) is 0 Å². The lowest BCUT2D eigenvalue weighted by Gasteiger charge is -2.37.